The Kier molecular flexibility index (Phi) is 7.78. The highest BCUT2D eigenvalue weighted by molar-refractivity contribution is 7.98. The minimum Gasteiger partial charge on any atom is -0.345 e. The molecule has 5 nitrogen and oxygen atoms in total. The lowest BCUT2D eigenvalue weighted by Gasteiger charge is -2.14. The maximum Gasteiger partial charge on any atom is 0.251 e. The summed E-state index contributed by atoms with van der Waals surface area (Å²) in [7, 11) is 0. The number of amides is 1. The van der Waals surface area contributed by atoms with Crippen molar-refractivity contribution >= 4 is 52.5 Å². The molecule has 4 rings (SSSR count). The molecule has 0 saturated carbocycles. The van der Waals surface area contributed by atoms with Gasteiger partial charge in [0.1, 0.15) is 5.82 Å². The molecule has 4 aromatic rings. The van der Waals surface area contributed by atoms with Crippen molar-refractivity contribution in [2.75, 3.05) is 0 Å². The first-order valence-electron chi connectivity index (χ1n) is 10.1. The molecule has 0 unspecified atom stereocenters. The van der Waals surface area contributed by atoms with Gasteiger partial charge in [0.25, 0.3) is 5.91 Å². The van der Waals surface area contributed by atoms with Crippen LogP contribution in [-0.2, 0) is 12.3 Å². The van der Waals surface area contributed by atoms with E-state index >= 15 is 0 Å². The van der Waals surface area contributed by atoms with Gasteiger partial charge in [0.2, 0.25) is 0 Å². The number of benzene rings is 3. The highest BCUT2D eigenvalue weighted by Crippen LogP contribution is 2.29. The number of hydrogen-bond donors (Lipinski definition) is 1. The van der Waals surface area contributed by atoms with Crippen LogP contribution in [0.25, 0.3) is 5.69 Å². The van der Waals surface area contributed by atoms with Crippen LogP contribution in [0.1, 0.15) is 27.3 Å². The molecule has 0 aliphatic carbocycles. The molecule has 0 saturated heterocycles. The molecule has 1 aromatic heterocycles. The van der Waals surface area contributed by atoms with Crippen LogP contribution < -0.4 is 5.32 Å². The van der Waals surface area contributed by atoms with Crippen LogP contribution in [0.2, 0.25) is 15.1 Å². The molecule has 10 heteroatoms. The summed E-state index contributed by atoms with van der Waals surface area (Å²) in [6.07, 6.45) is 0. The minimum absolute atomic E-state index is 0.120. The van der Waals surface area contributed by atoms with Crippen molar-refractivity contribution in [3.8, 4) is 5.69 Å². The monoisotopic (exact) mass is 534 g/mol. The zero-order valence-electron chi connectivity index (χ0n) is 17.9. The maximum absolute atomic E-state index is 13.2. The summed E-state index contributed by atoms with van der Waals surface area (Å²) in [6.45, 7) is 2.08. The molecule has 0 fully saturated rings. The number of halogens is 4. The average Bonchev–Trinajstić information content (AvgIpc) is 3.23. The van der Waals surface area contributed by atoms with Gasteiger partial charge < -0.3 is 5.32 Å². The van der Waals surface area contributed by atoms with Gasteiger partial charge in [-0.25, -0.2) is 4.39 Å². The van der Waals surface area contributed by atoms with Crippen molar-refractivity contribution in [2.24, 2.45) is 0 Å². The number of rotatable bonds is 7. The Hall–Kier alpha value is -2.58. The molecule has 0 bridgehead atoms. The minimum atomic E-state index is -0.323. The SMILES string of the molecule is Cc1ccc(Cl)cc1-n1c(CNC(=O)c2ccc(Cl)c(Cl)c2)nnc1SCc1ccc(F)cc1. The summed E-state index contributed by atoms with van der Waals surface area (Å²) in [6, 6.07) is 16.5. The predicted octanol–water partition coefficient (Wildman–Crippen LogP) is 6.90. The number of nitrogens with one attached hydrogen (secondary N) is 1. The lowest BCUT2D eigenvalue weighted by Crippen LogP contribution is -2.24. The number of thioether (sulfide) groups is 1. The number of hydrogen-bond acceptors (Lipinski definition) is 4. The third-order valence-electron chi connectivity index (χ3n) is 4.98. The van der Waals surface area contributed by atoms with E-state index in [2.05, 4.69) is 15.5 Å². The van der Waals surface area contributed by atoms with Gasteiger partial charge in [-0.1, -0.05) is 64.8 Å². The largest absolute Gasteiger partial charge is 0.345 e. The molecule has 0 spiro atoms. The van der Waals surface area contributed by atoms with E-state index in [1.54, 1.807) is 24.3 Å². The molecule has 1 N–H and O–H groups in total. The summed E-state index contributed by atoms with van der Waals surface area (Å²) in [5, 5.41) is 13.4. The van der Waals surface area contributed by atoms with Crippen molar-refractivity contribution in [1.29, 1.82) is 0 Å². The summed E-state index contributed by atoms with van der Waals surface area (Å²) in [4.78, 5) is 12.7. The Morgan fingerprint density at radius 3 is 2.50 bits per heavy atom. The van der Waals surface area contributed by atoms with Crippen LogP contribution in [0.15, 0.2) is 65.8 Å². The highest BCUT2D eigenvalue weighted by atomic mass is 35.5. The van der Waals surface area contributed by atoms with Crippen LogP contribution in [0.4, 0.5) is 4.39 Å². The number of aromatic nitrogens is 3. The third kappa shape index (κ3) is 5.73. The second-order valence-corrected chi connectivity index (χ2v) is 9.59. The number of aryl methyl sites for hydroxylation is 1. The smallest absolute Gasteiger partial charge is 0.251 e. The van der Waals surface area contributed by atoms with Crippen molar-refractivity contribution in [2.45, 2.75) is 24.4 Å². The van der Waals surface area contributed by atoms with E-state index in [4.69, 9.17) is 34.8 Å². The zero-order valence-corrected chi connectivity index (χ0v) is 20.9. The van der Waals surface area contributed by atoms with E-state index in [1.807, 2.05) is 29.7 Å². The lowest BCUT2D eigenvalue weighted by atomic mass is 10.2. The Morgan fingerprint density at radius 2 is 1.76 bits per heavy atom. The molecule has 34 heavy (non-hydrogen) atoms. The first kappa shape index (κ1) is 24.5. The van der Waals surface area contributed by atoms with Gasteiger partial charge in [-0.15, -0.1) is 10.2 Å². The number of carbonyl (C=O) groups excluding carboxylic acids is 1. The maximum atomic E-state index is 13.2. The molecular weight excluding hydrogens is 518 g/mol. The molecule has 1 amide bonds. The Bertz CT molecular complexity index is 1340. The standard InChI is InChI=1S/C24H18Cl3FN4OS/c1-14-2-6-17(25)11-21(14)32-22(12-29-23(33)16-5-9-19(26)20(27)10-16)30-31-24(32)34-13-15-3-7-18(28)8-4-15/h2-11H,12-13H2,1H3,(H,29,33). The summed E-state index contributed by atoms with van der Waals surface area (Å²) in [5.41, 5.74) is 3.09. The predicted molar refractivity (Wildman–Crippen MR) is 135 cm³/mol. The van der Waals surface area contributed by atoms with E-state index in [0.717, 1.165) is 16.8 Å². The van der Waals surface area contributed by atoms with Crippen molar-refractivity contribution < 1.29 is 9.18 Å². The summed E-state index contributed by atoms with van der Waals surface area (Å²) in [5.74, 6) is 0.483. The number of nitrogens with zero attached hydrogens (tertiary/aromatic N) is 3. The van der Waals surface area contributed by atoms with E-state index < -0.39 is 0 Å². The second-order valence-electron chi connectivity index (χ2n) is 7.39. The van der Waals surface area contributed by atoms with E-state index in [1.165, 1.54) is 30.0 Å². The fourth-order valence-corrected chi connectivity index (χ4v) is 4.59. The van der Waals surface area contributed by atoms with Gasteiger partial charge in [0.05, 0.1) is 22.3 Å². The van der Waals surface area contributed by atoms with Crippen molar-refractivity contribution in [1.82, 2.24) is 20.1 Å². The molecule has 0 aliphatic rings. The van der Waals surface area contributed by atoms with Crippen LogP contribution >= 0.6 is 46.6 Å². The van der Waals surface area contributed by atoms with Gasteiger partial charge in [0, 0.05) is 16.3 Å². The lowest BCUT2D eigenvalue weighted by molar-refractivity contribution is 0.0949. The van der Waals surface area contributed by atoms with Gasteiger partial charge in [-0.3, -0.25) is 9.36 Å². The topological polar surface area (TPSA) is 59.8 Å². The van der Waals surface area contributed by atoms with E-state index in [9.17, 15) is 9.18 Å². The van der Waals surface area contributed by atoms with Gasteiger partial charge in [-0.2, -0.15) is 0 Å². The van der Waals surface area contributed by atoms with Crippen molar-refractivity contribution in [3.63, 3.8) is 0 Å². The number of carbonyl (C=O) groups is 1. The van der Waals surface area contributed by atoms with Crippen LogP contribution in [0, 0.1) is 12.7 Å². The zero-order chi connectivity index (χ0) is 24.2. The first-order chi connectivity index (χ1) is 16.3. The molecule has 3 aromatic carbocycles. The first-order valence-corrected chi connectivity index (χ1v) is 12.2. The highest BCUT2D eigenvalue weighted by Gasteiger charge is 2.18. The van der Waals surface area contributed by atoms with Gasteiger partial charge >= 0.3 is 0 Å². The van der Waals surface area contributed by atoms with Crippen LogP contribution in [0.5, 0.6) is 0 Å². The fraction of sp³-hybridized carbons (Fsp3) is 0.125. The van der Waals surface area contributed by atoms with Gasteiger partial charge in [-0.05, 0) is 60.5 Å². The summed E-state index contributed by atoms with van der Waals surface area (Å²) < 4.78 is 15.1. The molecular formula is C24H18Cl3FN4OS. The molecule has 0 aliphatic heterocycles. The Balaban J connectivity index is 1.61. The van der Waals surface area contributed by atoms with Gasteiger partial charge in [0.15, 0.2) is 11.0 Å². The summed E-state index contributed by atoms with van der Waals surface area (Å²) >= 11 is 19.7. The average molecular weight is 536 g/mol. The Labute approximate surface area is 215 Å². The van der Waals surface area contributed by atoms with Crippen LogP contribution in [-0.4, -0.2) is 20.7 Å². The normalized spacial score (nSPS) is 11.0. The molecule has 0 atom stereocenters. The van der Waals surface area contributed by atoms with Crippen molar-refractivity contribution in [3.05, 3.63) is 104 Å². The second kappa shape index (κ2) is 10.8. The molecule has 174 valence electrons. The van der Waals surface area contributed by atoms with E-state index in [-0.39, 0.29) is 18.3 Å². The van der Waals surface area contributed by atoms with Crippen LogP contribution in [0.3, 0.4) is 0 Å². The molecule has 0 radical (unpaired) electrons. The quantitative estimate of drug-likeness (QED) is 0.262. The van der Waals surface area contributed by atoms with E-state index in [0.29, 0.717) is 37.4 Å². The fourth-order valence-electron chi connectivity index (χ4n) is 3.20. The molecule has 1 heterocycles. The Morgan fingerprint density at radius 1 is 1.00 bits per heavy atom. The third-order valence-corrected chi connectivity index (χ3v) is 6.96.